The molecule has 2 spiro atoms. The molecule has 6 bridgehead atoms. The summed E-state index contributed by atoms with van der Waals surface area (Å²) in [6.45, 7) is 4.64. The van der Waals surface area contributed by atoms with Crippen molar-refractivity contribution in [1.82, 2.24) is 4.90 Å². The smallest absolute Gasteiger partial charge is 0.305 e. The summed E-state index contributed by atoms with van der Waals surface area (Å²) in [5, 5.41) is 0. The Hall–Kier alpha value is -0.570. The molecule has 3 nitrogen and oxygen atoms in total. The Labute approximate surface area is 150 Å². The van der Waals surface area contributed by atoms with E-state index in [9.17, 15) is 4.79 Å². The number of ether oxygens (including phenoxy) is 1. The molecule has 0 aromatic heterocycles. The van der Waals surface area contributed by atoms with Gasteiger partial charge in [0.25, 0.3) is 0 Å². The molecule has 9 unspecified atom stereocenters. The van der Waals surface area contributed by atoms with E-state index >= 15 is 0 Å². The molecule has 4 saturated heterocycles. The summed E-state index contributed by atoms with van der Waals surface area (Å²) in [5.74, 6) is 3.56. The highest BCUT2D eigenvalue weighted by atomic mass is 16.5. The normalized spacial score (nSPS) is 64.0. The molecule has 3 heteroatoms. The first-order valence-corrected chi connectivity index (χ1v) is 11.1. The maximum Gasteiger partial charge on any atom is 0.305 e. The topological polar surface area (TPSA) is 29.5 Å². The lowest BCUT2D eigenvalue weighted by molar-refractivity contribution is -0.292. The highest BCUT2D eigenvalue weighted by molar-refractivity contribution is 5.70. The Bertz CT molecular complexity index is 677. The number of cyclic esters (lactones) is 1. The van der Waals surface area contributed by atoms with E-state index < -0.39 is 0 Å². The van der Waals surface area contributed by atoms with Crippen LogP contribution in [0.25, 0.3) is 0 Å². The summed E-state index contributed by atoms with van der Waals surface area (Å²) in [5.41, 5.74) is 1.35. The molecular weight excluding hydrogens is 310 g/mol. The SMILES string of the molecule is CC1CN2C3C4CCC35CCCC5C35CCC(=O)OCC43CCC1C25. The van der Waals surface area contributed by atoms with Gasteiger partial charge >= 0.3 is 5.97 Å². The van der Waals surface area contributed by atoms with Crippen LogP contribution >= 0.6 is 0 Å². The number of hydrogen-bond acceptors (Lipinski definition) is 3. The second kappa shape index (κ2) is 4.13. The Morgan fingerprint density at radius 3 is 2.92 bits per heavy atom. The summed E-state index contributed by atoms with van der Waals surface area (Å²) < 4.78 is 5.95. The van der Waals surface area contributed by atoms with Crippen molar-refractivity contribution in [2.24, 2.45) is 39.9 Å². The fourth-order valence-corrected chi connectivity index (χ4v) is 10.8. The van der Waals surface area contributed by atoms with Crippen molar-refractivity contribution < 1.29 is 9.53 Å². The highest BCUT2D eigenvalue weighted by Crippen LogP contribution is 2.84. The molecule has 8 fully saturated rings. The Morgan fingerprint density at radius 2 is 2.00 bits per heavy atom. The van der Waals surface area contributed by atoms with Crippen molar-refractivity contribution in [1.29, 1.82) is 0 Å². The summed E-state index contributed by atoms with van der Waals surface area (Å²) in [6.07, 6.45) is 11.9. The van der Waals surface area contributed by atoms with Crippen molar-refractivity contribution in [3.05, 3.63) is 0 Å². The number of nitrogens with zero attached hydrogens (tertiary/aromatic N) is 1. The maximum absolute atomic E-state index is 12.4. The number of esters is 1. The van der Waals surface area contributed by atoms with E-state index in [2.05, 4.69) is 11.8 Å². The predicted octanol–water partition coefficient (Wildman–Crippen LogP) is 3.62. The minimum atomic E-state index is 0.102. The second-order valence-corrected chi connectivity index (χ2v) is 10.9. The zero-order chi connectivity index (χ0) is 16.6. The summed E-state index contributed by atoms with van der Waals surface area (Å²) >= 11 is 0. The average molecular weight is 341 g/mol. The molecule has 136 valence electrons. The molecule has 0 aromatic rings. The molecule has 0 aromatic carbocycles. The minimum absolute atomic E-state index is 0.102. The van der Waals surface area contributed by atoms with Gasteiger partial charge in [-0.25, -0.2) is 0 Å². The van der Waals surface area contributed by atoms with E-state index in [1.807, 2.05) is 0 Å². The van der Waals surface area contributed by atoms with Gasteiger partial charge in [0.1, 0.15) is 0 Å². The molecule has 9 atom stereocenters. The Morgan fingerprint density at radius 1 is 1.08 bits per heavy atom. The number of piperidine rings is 2. The summed E-state index contributed by atoms with van der Waals surface area (Å²) in [6, 6.07) is 1.61. The molecule has 0 radical (unpaired) electrons. The molecule has 4 aliphatic heterocycles. The third-order valence-corrected chi connectivity index (χ3v) is 11.0. The first-order chi connectivity index (χ1) is 12.1. The molecule has 8 rings (SSSR count). The zero-order valence-electron chi connectivity index (χ0n) is 15.5. The van der Waals surface area contributed by atoms with Gasteiger partial charge in [-0.15, -0.1) is 0 Å². The molecule has 4 aliphatic carbocycles. The molecular formula is C22H31NO2. The van der Waals surface area contributed by atoms with Gasteiger partial charge in [0.15, 0.2) is 0 Å². The van der Waals surface area contributed by atoms with Crippen LogP contribution in [0.3, 0.4) is 0 Å². The van der Waals surface area contributed by atoms with E-state index in [4.69, 9.17) is 4.74 Å². The predicted molar refractivity (Wildman–Crippen MR) is 93.7 cm³/mol. The first-order valence-electron chi connectivity index (χ1n) is 11.1. The average Bonchev–Trinajstić information content (AvgIpc) is 3.26. The fourth-order valence-electron chi connectivity index (χ4n) is 10.8. The third kappa shape index (κ3) is 1.23. The van der Waals surface area contributed by atoms with Crippen LogP contribution in [0.15, 0.2) is 0 Å². The molecule has 4 saturated carbocycles. The molecule has 8 aliphatic rings. The van der Waals surface area contributed by atoms with E-state index in [-0.39, 0.29) is 5.97 Å². The zero-order valence-corrected chi connectivity index (χ0v) is 15.5. The highest BCUT2D eigenvalue weighted by Gasteiger charge is 2.84. The number of carbonyl (C=O) groups excluding carboxylic acids is 1. The van der Waals surface area contributed by atoms with E-state index in [1.165, 1.54) is 51.5 Å². The van der Waals surface area contributed by atoms with Crippen LogP contribution in [0, 0.1) is 39.9 Å². The van der Waals surface area contributed by atoms with Gasteiger partial charge in [-0.3, -0.25) is 9.69 Å². The maximum atomic E-state index is 12.4. The minimum Gasteiger partial charge on any atom is -0.465 e. The fraction of sp³-hybridized carbons (Fsp3) is 0.955. The van der Waals surface area contributed by atoms with Crippen molar-refractivity contribution in [3.8, 4) is 0 Å². The van der Waals surface area contributed by atoms with Crippen LogP contribution in [-0.4, -0.2) is 36.1 Å². The van der Waals surface area contributed by atoms with Gasteiger partial charge in [-0.2, -0.15) is 0 Å². The lowest BCUT2D eigenvalue weighted by Gasteiger charge is -2.76. The summed E-state index contributed by atoms with van der Waals surface area (Å²) in [7, 11) is 0. The lowest BCUT2D eigenvalue weighted by Crippen LogP contribution is -2.80. The van der Waals surface area contributed by atoms with Gasteiger partial charge in [0.2, 0.25) is 0 Å². The third-order valence-electron chi connectivity index (χ3n) is 11.0. The molecule has 25 heavy (non-hydrogen) atoms. The lowest BCUT2D eigenvalue weighted by atomic mass is 9.34. The quantitative estimate of drug-likeness (QED) is 0.630. The van der Waals surface area contributed by atoms with Gasteiger partial charge in [0.05, 0.1) is 6.61 Å². The van der Waals surface area contributed by atoms with E-state index in [0.29, 0.717) is 22.7 Å². The first kappa shape index (κ1) is 14.5. The van der Waals surface area contributed by atoms with Crippen LogP contribution < -0.4 is 0 Å². The van der Waals surface area contributed by atoms with Crippen molar-refractivity contribution in [3.63, 3.8) is 0 Å². The van der Waals surface area contributed by atoms with Crippen molar-refractivity contribution >= 4 is 5.97 Å². The second-order valence-electron chi connectivity index (χ2n) is 10.9. The number of rotatable bonds is 0. The van der Waals surface area contributed by atoms with Crippen LogP contribution in [0.5, 0.6) is 0 Å². The van der Waals surface area contributed by atoms with Crippen molar-refractivity contribution in [2.75, 3.05) is 13.2 Å². The van der Waals surface area contributed by atoms with E-state index in [0.717, 1.165) is 48.8 Å². The van der Waals surface area contributed by atoms with Crippen molar-refractivity contribution in [2.45, 2.75) is 76.8 Å². The van der Waals surface area contributed by atoms with Crippen LogP contribution in [0.4, 0.5) is 0 Å². The Balaban J connectivity index is 1.54. The van der Waals surface area contributed by atoms with Crippen LogP contribution in [0.1, 0.15) is 64.7 Å². The van der Waals surface area contributed by atoms with Crippen LogP contribution in [-0.2, 0) is 9.53 Å². The number of carbonyl (C=O) groups is 1. The summed E-state index contributed by atoms with van der Waals surface area (Å²) in [4.78, 5) is 15.4. The van der Waals surface area contributed by atoms with Gasteiger partial charge in [0, 0.05) is 30.5 Å². The molecule has 0 amide bonds. The van der Waals surface area contributed by atoms with E-state index in [1.54, 1.807) is 0 Å². The molecule has 0 N–H and O–H groups in total. The molecule has 4 heterocycles. The van der Waals surface area contributed by atoms with Gasteiger partial charge in [-0.1, -0.05) is 13.3 Å². The van der Waals surface area contributed by atoms with Crippen LogP contribution in [0.2, 0.25) is 0 Å². The van der Waals surface area contributed by atoms with Gasteiger partial charge in [-0.05, 0) is 79.4 Å². The Kier molecular flexibility index (Phi) is 2.39. The monoisotopic (exact) mass is 341 g/mol. The number of hydrogen-bond donors (Lipinski definition) is 0. The standard InChI is InChI=1S/C22H31NO2/c1-13-11-23-18-14(13)4-9-21-12-25-17(24)6-10-22(18,21)16-3-2-7-20(16)8-5-15(21)19(20)23/h13-16,18-19H,2-12H2,1H3. The largest absolute Gasteiger partial charge is 0.465 e. The van der Waals surface area contributed by atoms with Gasteiger partial charge < -0.3 is 4.74 Å².